The molecular weight excluding hydrogens is 344 g/mol. The second-order valence-corrected chi connectivity index (χ2v) is 7.24. The molecule has 8 heteroatoms. The van der Waals surface area contributed by atoms with Gasteiger partial charge in [-0.05, 0) is 55.3 Å². The summed E-state index contributed by atoms with van der Waals surface area (Å²) >= 11 is 0. The van der Waals surface area contributed by atoms with Crippen molar-refractivity contribution in [3.63, 3.8) is 0 Å². The van der Waals surface area contributed by atoms with E-state index in [9.17, 15) is 18.0 Å². The molecule has 7 nitrogen and oxygen atoms in total. The van der Waals surface area contributed by atoms with Crippen LogP contribution < -0.4 is 10.0 Å². The lowest BCUT2D eigenvalue weighted by atomic mass is 10.1. The van der Waals surface area contributed by atoms with Crippen molar-refractivity contribution in [2.75, 3.05) is 10.0 Å². The second kappa shape index (κ2) is 6.94. The van der Waals surface area contributed by atoms with E-state index in [2.05, 4.69) is 10.0 Å². The van der Waals surface area contributed by atoms with Crippen molar-refractivity contribution < 1.29 is 23.1 Å². The third-order valence-electron chi connectivity index (χ3n) is 3.59. The highest BCUT2D eigenvalue weighted by Crippen LogP contribution is 2.25. The van der Waals surface area contributed by atoms with Gasteiger partial charge in [-0.3, -0.25) is 9.52 Å². The number of amides is 1. The Morgan fingerprint density at radius 1 is 1.04 bits per heavy atom. The van der Waals surface area contributed by atoms with Gasteiger partial charge in [0.05, 0.1) is 16.1 Å². The fraction of sp³-hybridized carbons (Fsp3) is 0.176. The van der Waals surface area contributed by atoms with Crippen molar-refractivity contribution >= 4 is 33.3 Å². The summed E-state index contributed by atoms with van der Waals surface area (Å²) in [5.41, 5.74) is 1.63. The lowest BCUT2D eigenvalue weighted by molar-refractivity contribution is -0.114. The Bertz CT molecular complexity index is 952. The monoisotopic (exact) mass is 362 g/mol. The number of carboxylic acids is 1. The van der Waals surface area contributed by atoms with Crippen LogP contribution in [0.5, 0.6) is 0 Å². The molecule has 0 saturated heterocycles. The number of carbonyl (C=O) groups excluding carboxylic acids is 1. The number of hydrogen-bond acceptors (Lipinski definition) is 4. The summed E-state index contributed by atoms with van der Waals surface area (Å²) in [6, 6.07) is 8.78. The predicted octanol–water partition coefficient (Wildman–Crippen LogP) is 2.76. The summed E-state index contributed by atoms with van der Waals surface area (Å²) in [5.74, 6) is -1.48. The number of rotatable bonds is 5. The van der Waals surface area contributed by atoms with Crippen LogP contribution in [-0.2, 0) is 14.8 Å². The zero-order valence-electron chi connectivity index (χ0n) is 14.0. The van der Waals surface area contributed by atoms with E-state index in [1.165, 1.54) is 25.1 Å². The van der Waals surface area contributed by atoms with Crippen LogP contribution in [0.1, 0.15) is 28.4 Å². The first-order chi connectivity index (χ1) is 11.6. The molecule has 0 heterocycles. The molecule has 0 unspecified atom stereocenters. The Morgan fingerprint density at radius 3 is 2.28 bits per heavy atom. The molecule has 0 aliphatic heterocycles. The molecule has 2 aromatic carbocycles. The van der Waals surface area contributed by atoms with Crippen molar-refractivity contribution in [2.45, 2.75) is 25.7 Å². The second-order valence-electron chi connectivity index (χ2n) is 5.59. The molecule has 0 atom stereocenters. The molecule has 3 N–H and O–H groups in total. The Balaban J connectivity index is 2.43. The summed E-state index contributed by atoms with van der Waals surface area (Å²) in [6.07, 6.45) is 0. The minimum absolute atomic E-state index is 0.101. The molecular formula is C17H18N2O5S. The Kier molecular flexibility index (Phi) is 5.13. The number of anilines is 2. The lowest BCUT2D eigenvalue weighted by Crippen LogP contribution is -2.16. The summed E-state index contributed by atoms with van der Waals surface area (Å²) in [5, 5.41) is 11.7. The van der Waals surface area contributed by atoms with Crippen LogP contribution in [0, 0.1) is 13.8 Å². The first-order valence-corrected chi connectivity index (χ1v) is 8.83. The average molecular weight is 362 g/mol. The zero-order chi connectivity index (χ0) is 18.8. The van der Waals surface area contributed by atoms with Gasteiger partial charge in [-0.2, -0.15) is 0 Å². The Labute approximate surface area is 145 Å². The molecule has 132 valence electrons. The van der Waals surface area contributed by atoms with Crippen LogP contribution in [-0.4, -0.2) is 25.4 Å². The van der Waals surface area contributed by atoms with Gasteiger partial charge in [0.15, 0.2) is 0 Å². The van der Waals surface area contributed by atoms with Gasteiger partial charge < -0.3 is 10.4 Å². The van der Waals surface area contributed by atoms with E-state index in [4.69, 9.17) is 5.11 Å². The van der Waals surface area contributed by atoms with Gasteiger partial charge in [0.2, 0.25) is 5.91 Å². The normalized spacial score (nSPS) is 11.0. The molecule has 0 spiro atoms. The van der Waals surface area contributed by atoms with E-state index in [1.54, 1.807) is 26.0 Å². The number of benzene rings is 2. The van der Waals surface area contributed by atoms with E-state index in [0.717, 1.165) is 6.07 Å². The van der Waals surface area contributed by atoms with Crippen molar-refractivity contribution in [3.8, 4) is 0 Å². The fourth-order valence-electron chi connectivity index (χ4n) is 2.30. The van der Waals surface area contributed by atoms with E-state index < -0.39 is 16.0 Å². The Hall–Kier alpha value is -2.87. The Morgan fingerprint density at radius 2 is 1.68 bits per heavy atom. The van der Waals surface area contributed by atoms with E-state index in [0.29, 0.717) is 16.8 Å². The molecule has 0 fully saturated rings. The molecule has 0 aromatic heterocycles. The third kappa shape index (κ3) is 4.36. The maximum absolute atomic E-state index is 12.7. The lowest BCUT2D eigenvalue weighted by Gasteiger charge is -2.14. The van der Waals surface area contributed by atoms with E-state index in [1.807, 2.05) is 0 Å². The van der Waals surface area contributed by atoms with Crippen molar-refractivity contribution in [1.82, 2.24) is 0 Å². The molecule has 1 amide bonds. The number of sulfonamides is 1. The van der Waals surface area contributed by atoms with E-state index in [-0.39, 0.29) is 22.1 Å². The van der Waals surface area contributed by atoms with Gasteiger partial charge in [0.25, 0.3) is 10.0 Å². The van der Waals surface area contributed by atoms with Gasteiger partial charge in [-0.25, -0.2) is 13.2 Å². The molecule has 2 rings (SSSR count). The number of aryl methyl sites for hydroxylation is 1. The smallest absolute Gasteiger partial charge is 0.335 e. The number of carbonyl (C=O) groups is 2. The molecule has 0 aliphatic carbocycles. The van der Waals surface area contributed by atoms with Crippen LogP contribution in [0.3, 0.4) is 0 Å². The number of carboxylic acid groups (broad SMARTS) is 1. The maximum atomic E-state index is 12.7. The summed E-state index contributed by atoms with van der Waals surface area (Å²) in [7, 11) is -3.99. The first-order valence-electron chi connectivity index (χ1n) is 7.35. The van der Waals surface area contributed by atoms with Gasteiger partial charge in [0.1, 0.15) is 0 Å². The first kappa shape index (κ1) is 18.5. The fourth-order valence-corrected chi connectivity index (χ4v) is 3.70. The molecule has 2 aromatic rings. The zero-order valence-corrected chi connectivity index (χ0v) is 14.8. The topological polar surface area (TPSA) is 113 Å². The molecule has 0 radical (unpaired) electrons. The largest absolute Gasteiger partial charge is 0.478 e. The van der Waals surface area contributed by atoms with Crippen molar-refractivity contribution in [1.29, 1.82) is 0 Å². The SMILES string of the molecule is CC(=O)Nc1cccc(NS(=O)(=O)c2cc(C(=O)O)cc(C)c2C)c1. The summed E-state index contributed by atoms with van der Waals surface area (Å²) < 4.78 is 27.8. The van der Waals surface area contributed by atoms with Crippen molar-refractivity contribution in [2.24, 2.45) is 0 Å². The van der Waals surface area contributed by atoms with Crippen molar-refractivity contribution in [3.05, 3.63) is 53.1 Å². The van der Waals surface area contributed by atoms with Crippen LogP contribution in [0.25, 0.3) is 0 Å². The molecule has 25 heavy (non-hydrogen) atoms. The maximum Gasteiger partial charge on any atom is 0.335 e. The highest BCUT2D eigenvalue weighted by Gasteiger charge is 2.21. The van der Waals surface area contributed by atoms with Gasteiger partial charge in [-0.15, -0.1) is 0 Å². The average Bonchev–Trinajstić information content (AvgIpc) is 2.48. The minimum Gasteiger partial charge on any atom is -0.478 e. The van der Waals surface area contributed by atoms with Gasteiger partial charge in [0, 0.05) is 12.6 Å². The summed E-state index contributed by atoms with van der Waals surface area (Å²) in [6.45, 7) is 4.61. The highest BCUT2D eigenvalue weighted by atomic mass is 32.2. The predicted molar refractivity (Wildman–Crippen MR) is 94.4 cm³/mol. The van der Waals surface area contributed by atoms with Crippen LogP contribution in [0.2, 0.25) is 0 Å². The molecule has 0 aliphatic rings. The number of nitrogens with one attached hydrogen (secondary N) is 2. The molecule has 0 bridgehead atoms. The highest BCUT2D eigenvalue weighted by molar-refractivity contribution is 7.92. The molecule has 0 saturated carbocycles. The minimum atomic E-state index is -3.99. The summed E-state index contributed by atoms with van der Waals surface area (Å²) in [4.78, 5) is 22.2. The van der Waals surface area contributed by atoms with Crippen LogP contribution in [0.4, 0.5) is 11.4 Å². The van der Waals surface area contributed by atoms with Crippen LogP contribution in [0.15, 0.2) is 41.3 Å². The number of aromatic carboxylic acids is 1. The van der Waals surface area contributed by atoms with E-state index >= 15 is 0 Å². The standard InChI is InChI=1S/C17H18N2O5S/c1-10-7-13(17(21)22)8-16(11(10)2)25(23,24)19-15-6-4-5-14(9-15)18-12(3)20/h4-9,19H,1-3H3,(H,18,20)(H,21,22). The third-order valence-corrected chi connectivity index (χ3v) is 5.10. The van der Waals surface area contributed by atoms with Gasteiger partial charge >= 0.3 is 5.97 Å². The van der Waals surface area contributed by atoms with Gasteiger partial charge in [-0.1, -0.05) is 6.07 Å². The quantitative estimate of drug-likeness (QED) is 0.757. The number of hydrogen-bond donors (Lipinski definition) is 3. The van der Waals surface area contributed by atoms with Crippen LogP contribution >= 0.6 is 0 Å².